The van der Waals surface area contributed by atoms with Crippen LogP contribution in [-0.2, 0) is 19.1 Å². The number of carbonyl (C=O) groups is 3. The second-order valence-electron chi connectivity index (χ2n) is 6.21. The number of nitrogens with one attached hydrogen (secondary N) is 1. The van der Waals surface area contributed by atoms with Crippen molar-refractivity contribution in [1.82, 2.24) is 5.32 Å². The summed E-state index contributed by atoms with van der Waals surface area (Å²) in [6, 6.07) is 7.01. The van der Waals surface area contributed by atoms with Crippen LogP contribution in [0.25, 0.3) is 0 Å². The summed E-state index contributed by atoms with van der Waals surface area (Å²) in [7, 11) is 1.33. The first-order chi connectivity index (χ1) is 11.4. The molecule has 1 amide bonds. The number of carbonyl (C=O) groups excluding carboxylic acids is 3. The Morgan fingerprint density at radius 1 is 1.33 bits per heavy atom. The average Bonchev–Trinajstić information content (AvgIpc) is 2.86. The standard InChI is InChI=1S/C18H22BrNO4/c1-11-13(5-8-16(11)21)9-17(22)20-15(10-18(23)24-2)12-3-6-14(19)7-4-12/h3-4,6-7,11,13,15H,5,8-10H2,1-2H3,(H,20,22)/t11-,13+,15+/m1/s1. The van der Waals surface area contributed by atoms with Crippen LogP contribution < -0.4 is 5.32 Å². The van der Waals surface area contributed by atoms with E-state index < -0.39 is 6.04 Å². The highest BCUT2D eigenvalue weighted by Crippen LogP contribution is 2.31. The molecule has 1 aliphatic carbocycles. The van der Waals surface area contributed by atoms with E-state index in [0.29, 0.717) is 12.8 Å². The zero-order chi connectivity index (χ0) is 17.7. The van der Waals surface area contributed by atoms with Crippen molar-refractivity contribution in [2.24, 2.45) is 11.8 Å². The summed E-state index contributed by atoms with van der Waals surface area (Å²) in [5, 5.41) is 2.91. The fourth-order valence-corrected chi connectivity index (χ4v) is 3.30. The Morgan fingerprint density at radius 2 is 2.00 bits per heavy atom. The van der Waals surface area contributed by atoms with Gasteiger partial charge in [0.1, 0.15) is 5.78 Å². The number of ketones is 1. The predicted octanol–water partition coefficient (Wildman–Crippen LogP) is 3.17. The van der Waals surface area contributed by atoms with E-state index in [1.54, 1.807) is 0 Å². The summed E-state index contributed by atoms with van der Waals surface area (Å²) in [6.07, 6.45) is 1.69. The molecule has 0 aromatic heterocycles. The van der Waals surface area contributed by atoms with Crippen LogP contribution in [0.5, 0.6) is 0 Å². The van der Waals surface area contributed by atoms with Gasteiger partial charge in [0.2, 0.25) is 5.91 Å². The molecule has 0 radical (unpaired) electrons. The summed E-state index contributed by atoms with van der Waals surface area (Å²) in [5.74, 6) is -0.276. The maximum absolute atomic E-state index is 12.4. The van der Waals surface area contributed by atoms with Gasteiger partial charge in [-0.1, -0.05) is 35.0 Å². The molecule has 1 aliphatic rings. The Bertz CT molecular complexity index is 614. The first-order valence-corrected chi connectivity index (χ1v) is 8.84. The highest BCUT2D eigenvalue weighted by atomic mass is 79.9. The number of ether oxygens (including phenoxy) is 1. The van der Waals surface area contributed by atoms with Gasteiger partial charge in [-0.3, -0.25) is 14.4 Å². The van der Waals surface area contributed by atoms with Crippen molar-refractivity contribution in [1.29, 1.82) is 0 Å². The second-order valence-corrected chi connectivity index (χ2v) is 7.13. The van der Waals surface area contributed by atoms with Crippen LogP contribution in [0.3, 0.4) is 0 Å². The molecule has 1 fully saturated rings. The number of halogens is 1. The minimum Gasteiger partial charge on any atom is -0.469 e. The van der Waals surface area contributed by atoms with Crippen LogP contribution >= 0.6 is 15.9 Å². The molecule has 0 aliphatic heterocycles. The molecule has 3 atom stereocenters. The van der Waals surface area contributed by atoms with Crippen molar-refractivity contribution in [3.63, 3.8) is 0 Å². The monoisotopic (exact) mass is 395 g/mol. The highest BCUT2D eigenvalue weighted by molar-refractivity contribution is 9.10. The van der Waals surface area contributed by atoms with Crippen molar-refractivity contribution >= 4 is 33.6 Å². The molecule has 130 valence electrons. The molecule has 24 heavy (non-hydrogen) atoms. The first kappa shape index (κ1) is 18.6. The Hall–Kier alpha value is -1.69. The third-order valence-electron chi connectivity index (χ3n) is 4.63. The number of amides is 1. The molecule has 2 rings (SSSR count). The van der Waals surface area contributed by atoms with Crippen LogP contribution in [0, 0.1) is 11.8 Å². The fraction of sp³-hybridized carbons (Fsp3) is 0.500. The van der Waals surface area contributed by atoms with E-state index in [4.69, 9.17) is 4.74 Å². The molecule has 1 aromatic carbocycles. The van der Waals surface area contributed by atoms with E-state index in [2.05, 4.69) is 21.2 Å². The Balaban J connectivity index is 2.04. The largest absolute Gasteiger partial charge is 0.469 e. The quantitative estimate of drug-likeness (QED) is 0.750. The Morgan fingerprint density at radius 3 is 2.54 bits per heavy atom. The maximum Gasteiger partial charge on any atom is 0.307 e. The summed E-state index contributed by atoms with van der Waals surface area (Å²) >= 11 is 3.37. The number of methoxy groups -OCH3 is 1. The van der Waals surface area contributed by atoms with Gasteiger partial charge in [0.05, 0.1) is 19.6 Å². The Kier molecular flexibility index (Phi) is 6.54. The molecular formula is C18H22BrNO4. The minimum absolute atomic E-state index is 0.0671. The molecule has 0 heterocycles. The van der Waals surface area contributed by atoms with E-state index in [-0.39, 0.29) is 35.9 Å². The second kappa shape index (κ2) is 8.42. The summed E-state index contributed by atoms with van der Waals surface area (Å²) in [5.41, 5.74) is 0.840. The number of rotatable bonds is 6. The smallest absolute Gasteiger partial charge is 0.307 e. The lowest BCUT2D eigenvalue weighted by Crippen LogP contribution is -2.32. The molecule has 6 heteroatoms. The zero-order valence-corrected chi connectivity index (χ0v) is 15.5. The van der Waals surface area contributed by atoms with Crippen LogP contribution in [0.15, 0.2) is 28.7 Å². The topological polar surface area (TPSA) is 72.5 Å². The Labute approximate surface area is 150 Å². The van der Waals surface area contributed by atoms with Crippen molar-refractivity contribution in [2.45, 2.75) is 38.6 Å². The number of hydrogen-bond donors (Lipinski definition) is 1. The SMILES string of the molecule is COC(=O)C[C@H](NC(=O)C[C@@H]1CCC(=O)[C@@H]1C)c1ccc(Br)cc1. The van der Waals surface area contributed by atoms with Crippen LogP contribution in [-0.4, -0.2) is 24.8 Å². The summed E-state index contributed by atoms with van der Waals surface area (Å²) < 4.78 is 5.65. The van der Waals surface area contributed by atoms with E-state index in [9.17, 15) is 14.4 Å². The van der Waals surface area contributed by atoms with Gasteiger partial charge in [0, 0.05) is 23.2 Å². The minimum atomic E-state index is -0.439. The maximum atomic E-state index is 12.4. The zero-order valence-electron chi connectivity index (χ0n) is 13.9. The van der Waals surface area contributed by atoms with Gasteiger partial charge in [0.25, 0.3) is 0 Å². The van der Waals surface area contributed by atoms with Crippen LogP contribution in [0.4, 0.5) is 0 Å². The number of Topliss-reactive ketones (excluding diaryl/α,β-unsaturated/α-hetero) is 1. The van der Waals surface area contributed by atoms with Crippen molar-refractivity contribution in [3.05, 3.63) is 34.3 Å². The molecule has 1 saturated carbocycles. The van der Waals surface area contributed by atoms with Gasteiger partial charge in [-0.05, 0) is 30.0 Å². The van der Waals surface area contributed by atoms with Gasteiger partial charge in [-0.2, -0.15) is 0 Å². The first-order valence-electron chi connectivity index (χ1n) is 8.05. The number of benzene rings is 1. The van der Waals surface area contributed by atoms with Gasteiger partial charge in [0.15, 0.2) is 0 Å². The van der Waals surface area contributed by atoms with Crippen molar-refractivity contribution < 1.29 is 19.1 Å². The summed E-state index contributed by atoms with van der Waals surface area (Å²) in [4.78, 5) is 35.7. The lowest BCUT2D eigenvalue weighted by Gasteiger charge is -2.20. The molecule has 1 N–H and O–H groups in total. The van der Waals surface area contributed by atoms with Gasteiger partial charge in [-0.15, -0.1) is 0 Å². The fourth-order valence-electron chi connectivity index (χ4n) is 3.04. The van der Waals surface area contributed by atoms with E-state index in [1.807, 2.05) is 31.2 Å². The highest BCUT2D eigenvalue weighted by Gasteiger charge is 2.32. The lowest BCUT2D eigenvalue weighted by atomic mass is 9.93. The van der Waals surface area contributed by atoms with Gasteiger partial charge >= 0.3 is 5.97 Å². The number of esters is 1. The van der Waals surface area contributed by atoms with Gasteiger partial charge in [-0.25, -0.2) is 0 Å². The van der Waals surface area contributed by atoms with Crippen LogP contribution in [0.2, 0.25) is 0 Å². The molecule has 0 bridgehead atoms. The van der Waals surface area contributed by atoms with Crippen molar-refractivity contribution in [3.8, 4) is 0 Å². The molecule has 0 saturated heterocycles. The summed E-state index contributed by atoms with van der Waals surface area (Å²) in [6.45, 7) is 1.88. The lowest BCUT2D eigenvalue weighted by molar-refractivity contribution is -0.141. The molecular weight excluding hydrogens is 374 g/mol. The van der Waals surface area contributed by atoms with Crippen molar-refractivity contribution in [2.75, 3.05) is 7.11 Å². The normalized spacial score (nSPS) is 21.4. The molecule has 0 spiro atoms. The molecule has 1 aromatic rings. The molecule has 5 nitrogen and oxygen atoms in total. The van der Waals surface area contributed by atoms with E-state index in [0.717, 1.165) is 16.5 Å². The van der Waals surface area contributed by atoms with E-state index in [1.165, 1.54) is 7.11 Å². The molecule has 0 unspecified atom stereocenters. The predicted molar refractivity (Wildman–Crippen MR) is 93.2 cm³/mol. The average molecular weight is 396 g/mol. The third-order valence-corrected chi connectivity index (χ3v) is 5.16. The van der Waals surface area contributed by atoms with Gasteiger partial charge < -0.3 is 10.1 Å². The number of hydrogen-bond acceptors (Lipinski definition) is 4. The van der Waals surface area contributed by atoms with E-state index >= 15 is 0 Å². The third kappa shape index (κ3) is 4.90. The van der Waals surface area contributed by atoms with Crippen LogP contribution in [0.1, 0.15) is 44.2 Å².